The van der Waals surface area contributed by atoms with Crippen molar-refractivity contribution in [3.05, 3.63) is 28.7 Å². The average Bonchev–Trinajstić information content (AvgIpc) is 2.18. The Hall–Kier alpha value is -0.870. The maximum absolute atomic E-state index is 11.4. The van der Waals surface area contributed by atoms with Crippen molar-refractivity contribution in [2.75, 3.05) is 18.9 Å². The molecule has 1 aromatic carbocycles. The highest BCUT2D eigenvalue weighted by atomic mass is 79.9. The second kappa shape index (κ2) is 5.78. The summed E-state index contributed by atoms with van der Waals surface area (Å²) >= 11 is 3.36. The van der Waals surface area contributed by atoms with Crippen LogP contribution >= 0.6 is 15.9 Å². The highest BCUT2D eigenvalue weighted by Gasteiger charge is 2.03. The average molecular weight is 257 g/mol. The molecule has 0 radical (unpaired) electrons. The van der Waals surface area contributed by atoms with E-state index in [0.717, 1.165) is 10.2 Å². The zero-order valence-electron chi connectivity index (χ0n) is 8.01. The third-order valence-electron chi connectivity index (χ3n) is 1.75. The van der Waals surface area contributed by atoms with Gasteiger partial charge in [0.15, 0.2) is 0 Å². The summed E-state index contributed by atoms with van der Waals surface area (Å²) in [7, 11) is 1.83. The van der Waals surface area contributed by atoms with E-state index in [9.17, 15) is 4.79 Å². The van der Waals surface area contributed by atoms with Gasteiger partial charge in [0.2, 0.25) is 5.91 Å². The molecular weight excluding hydrogens is 244 g/mol. The minimum Gasteiger partial charge on any atom is -0.325 e. The van der Waals surface area contributed by atoms with Crippen LogP contribution in [-0.4, -0.2) is 19.5 Å². The van der Waals surface area contributed by atoms with Crippen molar-refractivity contribution in [1.82, 2.24) is 5.32 Å². The monoisotopic (exact) mass is 256 g/mol. The maximum atomic E-state index is 11.4. The third kappa shape index (κ3) is 3.47. The van der Waals surface area contributed by atoms with Crippen LogP contribution in [0.25, 0.3) is 0 Å². The minimum atomic E-state index is 0.0197. The molecule has 0 bridgehead atoms. The van der Waals surface area contributed by atoms with Gasteiger partial charge in [0.05, 0.1) is 5.69 Å². The van der Waals surface area contributed by atoms with Crippen molar-refractivity contribution in [2.45, 2.75) is 6.42 Å². The molecule has 0 unspecified atom stereocenters. The van der Waals surface area contributed by atoms with Gasteiger partial charge in [0.25, 0.3) is 0 Å². The molecule has 3 nitrogen and oxygen atoms in total. The summed E-state index contributed by atoms with van der Waals surface area (Å²) in [6, 6.07) is 7.56. The predicted octanol–water partition coefficient (Wildman–Crippen LogP) is 2.00. The lowest BCUT2D eigenvalue weighted by Gasteiger charge is -2.06. The van der Waals surface area contributed by atoms with E-state index in [1.54, 1.807) is 0 Å². The molecule has 1 aromatic rings. The molecule has 0 spiro atoms. The lowest BCUT2D eigenvalue weighted by molar-refractivity contribution is -0.116. The van der Waals surface area contributed by atoms with Crippen molar-refractivity contribution >= 4 is 27.5 Å². The Morgan fingerprint density at radius 3 is 2.79 bits per heavy atom. The van der Waals surface area contributed by atoms with E-state index in [0.29, 0.717) is 13.0 Å². The molecule has 76 valence electrons. The molecule has 4 heteroatoms. The lowest BCUT2D eigenvalue weighted by atomic mass is 10.3. The van der Waals surface area contributed by atoms with Crippen molar-refractivity contribution < 1.29 is 4.79 Å². The Bertz CT molecular complexity index is 315. The molecule has 0 aliphatic heterocycles. The zero-order valence-corrected chi connectivity index (χ0v) is 9.60. The number of hydrogen-bond donors (Lipinski definition) is 2. The first-order valence-electron chi connectivity index (χ1n) is 4.43. The van der Waals surface area contributed by atoms with Gasteiger partial charge in [-0.05, 0) is 35.1 Å². The maximum Gasteiger partial charge on any atom is 0.225 e. The second-order valence-electron chi connectivity index (χ2n) is 2.88. The largest absolute Gasteiger partial charge is 0.325 e. The Morgan fingerprint density at radius 1 is 1.43 bits per heavy atom. The minimum absolute atomic E-state index is 0.0197. The highest BCUT2D eigenvalue weighted by molar-refractivity contribution is 9.10. The van der Waals surface area contributed by atoms with Crippen LogP contribution in [0.15, 0.2) is 28.7 Å². The Kier molecular flexibility index (Phi) is 4.62. The summed E-state index contributed by atoms with van der Waals surface area (Å²) in [5.74, 6) is 0.0197. The van der Waals surface area contributed by atoms with Crippen LogP contribution in [0.1, 0.15) is 6.42 Å². The number of carbonyl (C=O) groups excluding carboxylic acids is 1. The molecule has 0 saturated carbocycles. The third-order valence-corrected chi connectivity index (χ3v) is 2.44. The van der Waals surface area contributed by atoms with Gasteiger partial charge in [-0.25, -0.2) is 0 Å². The molecule has 0 aliphatic carbocycles. The van der Waals surface area contributed by atoms with Crippen LogP contribution in [0.5, 0.6) is 0 Å². The standard InChI is InChI=1S/C10H13BrN2O/c1-12-7-6-10(14)13-9-5-3-2-4-8(9)11/h2-5,12H,6-7H2,1H3,(H,13,14). The van der Waals surface area contributed by atoms with E-state index in [4.69, 9.17) is 0 Å². The van der Waals surface area contributed by atoms with Crippen LogP contribution in [0.2, 0.25) is 0 Å². The summed E-state index contributed by atoms with van der Waals surface area (Å²) in [6.45, 7) is 0.691. The topological polar surface area (TPSA) is 41.1 Å². The highest BCUT2D eigenvalue weighted by Crippen LogP contribution is 2.20. The summed E-state index contributed by atoms with van der Waals surface area (Å²) in [4.78, 5) is 11.4. The number of anilines is 1. The van der Waals surface area contributed by atoms with Crippen LogP contribution in [0.4, 0.5) is 5.69 Å². The molecule has 0 saturated heterocycles. The van der Waals surface area contributed by atoms with Gasteiger partial charge < -0.3 is 10.6 Å². The first kappa shape index (κ1) is 11.2. The van der Waals surface area contributed by atoms with E-state index < -0.39 is 0 Å². The normalized spacial score (nSPS) is 9.86. The Morgan fingerprint density at radius 2 is 2.14 bits per heavy atom. The molecule has 14 heavy (non-hydrogen) atoms. The quantitative estimate of drug-likeness (QED) is 0.866. The predicted molar refractivity (Wildman–Crippen MR) is 61.3 cm³/mol. The lowest BCUT2D eigenvalue weighted by Crippen LogP contribution is -2.18. The number of amides is 1. The van der Waals surface area contributed by atoms with E-state index in [-0.39, 0.29) is 5.91 Å². The molecule has 0 heterocycles. The zero-order chi connectivity index (χ0) is 10.4. The fourth-order valence-electron chi connectivity index (χ4n) is 1.01. The van der Waals surface area contributed by atoms with Gasteiger partial charge in [-0.1, -0.05) is 12.1 Å². The Labute approximate surface area is 92.0 Å². The van der Waals surface area contributed by atoms with Crippen LogP contribution in [0.3, 0.4) is 0 Å². The van der Waals surface area contributed by atoms with E-state index in [2.05, 4.69) is 26.6 Å². The van der Waals surface area contributed by atoms with Gasteiger partial charge in [0, 0.05) is 17.4 Å². The SMILES string of the molecule is CNCCC(=O)Nc1ccccc1Br. The van der Waals surface area contributed by atoms with E-state index >= 15 is 0 Å². The number of benzene rings is 1. The Balaban J connectivity index is 2.52. The fourth-order valence-corrected chi connectivity index (χ4v) is 1.40. The van der Waals surface area contributed by atoms with Gasteiger partial charge in [0.1, 0.15) is 0 Å². The van der Waals surface area contributed by atoms with E-state index in [1.807, 2.05) is 31.3 Å². The first-order valence-corrected chi connectivity index (χ1v) is 5.22. The van der Waals surface area contributed by atoms with Crippen LogP contribution in [-0.2, 0) is 4.79 Å². The molecule has 0 fully saturated rings. The number of rotatable bonds is 4. The first-order chi connectivity index (χ1) is 6.74. The smallest absolute Gasteiger partial charge is 0.225 e. The summed E-state index contributed by atoms with van der Waals surface area (Å²) in [5, 5.41) is 5.75. The van der Waals surface area contributed by atoms with Crippen molar-refractivity contribution in [3.8, 4) is 0 Å². The number of halogens is 1. The summed E-state index contributed by atoms with van der Waals surface area (Å²) < 4.78 is 0.901. The number of hydrogen-bond acceptors (Lipinski definition) is 2. The van der Waals surface area contributed by atoms with Crippen LogP contribution in [0, 0.1) is 0 Å². The molecule has 1 rings (SSSR count). The van der Waals surface area contributed by atoms with Gasteiger partial charge in [-0.2, -0.15) is 0 Å². The number of para-hydroxylation sites is 1. The molecule has 2 N–H and O–H groups in total. The van der Waals surface area contributed by atoms with Crippen LogP contribution < -0.4 is 10.6 Å². The van der Waals surface area contributed by atoms with Crippen molar-refractivity contribution in [1.29, 1.82) is 0 Å². The van der Waals surface area contributed by atoms with Gasteiger partial charge in [-0.3, -0.25) is 4.79 Å². The van der Waals surface area contributed by atoms with E-state index in [1.165, 1.54) is 0 Å². The molecule has 0 aromatic heterocycles. The summed E-state index contributed by atoms with van der Waals surface area (Å²) in [5.41, 5.74) is 0.814. The van der Waals surface area contributed by atoms with Crippen molar-refractivity contribution in [3.63, 3.8) is 0 Å². The molecule has 0 aliphatic rings. The number of nitrogens with one attached hydrogen (secondary N) is 2. The fraction of sp³-hybridized carbons (Fsp3) is 0.300. The molecular formula is C10H13BrN2O. The van der Waals surface area contributed by atoms with Crippen molar-refractivity contribution in [2.24, 2.45) is 0 Å². The van der Waals surface area contributed by atoms with Gasteiger partial charge >= 0.3 is 0 Å². The summed E-state index contributed by atoms with van der Waals surface area (Å²) in [6.07, 6.45) is 0.484. The second-order valence-corrected chi connectivity index (χ2v) is 3.74. The van der Waals surface area contributed by atoms with Gasteiger partial charge in [-0.15, -0.1) is 0 Å². The molecule has 0 atom stereocenters. The number of carbonyl (C=O) groups is 1. The molecule has 1 amide bonds.